The van der Waals surface area contributed by atoms with Crippen LogP contribution in [0.5, 0.6) is 5.75 Å². The van der Waals surface area contributed by atoms with Crippen molar-refractivity contribution in [3.05, 3.63) is 59.0 Å². The molecule has 3 aromatic rings. The molecule has 0 unspecified atom stereocenters. The summed E-state index contributed by atoms with van der Waals surface area (Å²) in [5.41, 5.74) is 0.985. The Morgan fingerprint density at radius 1 is 1.07 bits per heavy atom. The van der Waals surface area contributed by atoms with E-state index in [1.807, 2.05) is 0 Å². The first-order valence-electron chi connectivity index (χ1n) is 7.99. The third-order valence-corrected chi connectivity index (χ3v) is 3.91. The van der Waals surface area contributed by atoms with Gasteiger partial charge in [-0.15, -0.1) is 0 Å². The average molecular weight is 379 g/mol. The maximum Gasteiger partial charge on any atom is 0.422 e. The van der Waals surface area contributed by atoms with Crippen molar-refractivity contribution < 1.29 is 22.7 Å². The fourth-order valence-electron chi connectivity index (χ4n) is 2.70. The van der Waals surface area contributed by atoms with Crippen LogP contribution >= 0.6 is 0 Å². The van der Waals surface area contributed by atoms with E-state index in [-0.39, 0.29) is 23.7 Å². The van der Waals surface area contributed by atoms with Crippen molar-refractivity contribution in [2.75, 3.05) is 11.9 Å². The van der Waals surface area contributed by atoms with Gasteiger partial charge in [0.05, 0.1) is 16.7 Å². The average Bonchev–Trinajstić information content (AvgIpc) is 2.86. The van der Waals surface area contributed by atoms with Gasteiger partial charge < -0.3 is 10.1 Å². The number of aromatic nitrogens is 2. The van der Waals surface area contributed by atoms with Crippen LogP contribution in [0.15, 0.2) is 53.3 Å². The summed E-state index contributed by atoms with van der Waals surface area (Å²) in [6, 6.07) is 12.8. The molecule has 1 aromatic heterocycles. The Balaban J connectivity index is 1.80. The molecule has 0 aliphatic rings. The predicted molar refractivity (Wildman–Crippen MR) is 93.8 cm³/mol. The highest BCUT2D eigenvalue weighted by atomic mass is 19.4. The normalized spacial score (nSPS) is 11.6. The van der Waals surface area contributed by atoms with E-state index in [1.165, 1.54) is 27.3 Å². The minimum absolute atomic E-state index is 0.0973. The van der Waals surface area contributed by atoms with Gasteiger partial charge in [-0.3, -0.25) is 13.9 Å². The highest BCUT2D eigenvalue weighted by Crippen LogP contribution is 2.26. The minimum atomic E-state index is -4.49. The van der Waals surface area contributed by atoms with Gasteiger partial charge in [-0.05, 0) is 24.3 Å². The molecule has 0 radical (unpaired) electrons. The first kappa shape index (κ1) is 18.6. The number of amides is 1. The van der Waals surface area contributed by atoms with E-state index in [4.69, 9.17) is 4.74 Å². The highest BCUT2D eigenvalue weighted by molar-refractivity contribution is 5.93. The van der Waals surface area contributed by atoms with E-state index in [9.17, 15) is 22.8 Å². The molecule has 0 saturated carbocycles. The number of fused-ring (bicyclic) bond motifs is 1. The van der Waals surface area contributed by atoms with Crippen molar-refractivity contribution in [2.24, 2.45) is 7.05 Å². The number of para-hydroxylation sites is 4. The van der Waals surface area contributed by atoms with Gasteiger partial charge in [0.1, 0.15) is 12.3 Å². The summed E-state index contributed by atoms with van der Waals surface area (Å²) in [6.07, 6.45) is -4.49. The number of benzene rings is 2. The van der Waals surface area contributed by atoms with Crippen molar-refractivity contribution in [3.8, 4) is 5.75 Å². The molecule has 1 heterocycles. The fraction of sp³-hybridized carbons (Fsp3) is 0.222. The molecule has 0 fully saturated rings. The van der Waals surface area contributed by atoms with Crippen LogP contribution < -0.4 is 15.7 Å². The number of hydrogen-bond acceptors (Lipinski definition) is 3. The Labute approximate surface area is 151 Å². The van der Waals surface area contributed by atoms with Gasteiger partial charge in [-0.2, -0.15) is 13.2 Å². The van der Waals surface area contributed by atoms with Gasteiger partial charge in [-0.25, -0.2) is 4.79 Å². The highest BCUT2D eigenvalue weighted by Gasteiger charge is 2.29. The van der Waals surface area contributed by atoms with Crippen LogP contribution in [0.3, 0.4) is 0 Å². The second-order valence-electron chi connectivity index (χ2n) is 5.86. The SMILES string of the molecule is Cn1c(=O)n(CC(=O)Nc2ccccc2OCC(F)(F)F)c2ccccc21. The van der Waals surface area contributed by atoms with Gasteiger partial charge in [0.15, 0.2) is 6.61 Å². The first-order chi connectivity index (χ1) is 12.8. The largest absolute Gasteiger partial charge is 0.482 e. The molecule has 9 heteroatoms. The summed E-state index contributed by atoms with van der Waals surface area (Å²) < 4.78 is 44.5. The van der Waals surface area contributed by atoms with Crippen molar-refractivity contribution in [1.82, 2.24) is 9.13 Å². The van der Waals surface area contributed by atoms with Crippen LogP contribution in [-0.2, 0) is 18.4 Å². The zero-order valence-electron chi connectivity index (χ0n) is 14.3. The molecule has 0 spiro atoms. The van der Waals surface area contributed by atoms with Crippen molar-refractivity contribution in [1.29, 1.82) is 0 Å². The van der Waals surface area contributed by atoms with Crippen molar-refractivity contribution in [2.45, 2.75) is 12.7 Å². The molecule has 0 saturated heterocycles. The van der Waals surface area contributed by atoms with Gasteiger partial charge >= 0.3 is 11.9 Å². The summed E-state index contributed by atoms with van der Waals surface area (Å²) >= 11 is 0. The van der Waals surface area contributed by atoms with Gasteiger partial charge in [0.25, 0.3) is 0 Å². The van der Waals surface area contributed by atoms with Crippen LogP contribution in [-0.4, -0.2) is 27.8 Å². The number of carbonyl (C=O) groups excluding carboxylic acids is 1. The number of nitrogens with one attached hydrogen (secondary N) is 1. The molecule has 3 rings (SSSR count). The summed E-state index contributed by atoms with van der Waals surface area (Å²) in [4.78, 5) is 24.7. The number of imidazole rings is 1. The van der Waals surface area contributed by atoms with E-state index < -0.39 is 18.7 Å². The molecule has 1 N–H and O–H groups in total. The Morgan fingerprint density at radius 3 is 2.41 bits per heavy atom. The molecule has 27 heavy (non-hydrogen) atoms. The molecule has 0 aliphatic heterocycles. The zero-order chi connectivity index (χ0) is 19.6. The lowest BCUT2D eigenvalue weighted by atomic mass is 10.3. The molecule has 142 valence electrons. The lowest BCUT2D eigenvalue weighted by molar-refractivity contribution is -0.153. The fourth-order valence-corrected chi connectivity index (χ4v) is 2.70. The second kappa shape index (κ2) is 7.18. The topological polar surface area (TPSA) is 65.3 Å². The van der Waals surface area contributed by atoms with Gasteiger partial charge in [0, 0.05) is 7.05 Å². The van der Waals surface area contributed by atoms with Crippen LogP contribution in [0.25, 0.3) is 11.0 Å². The maximum absolute atomic E-state index is 12.4. The van der Waals surface area contributed by atoms with Gasteiger partial charge in [0.2, 0.25) is 5.91 Å². The lowest BCUT2D eigenvalue weighted by Crippen LogP contribution is -2.28. The summed E-state index contributed by atoms with van der Waals surface area (Å²) in [7, 11) is 1.60. The molecule has 1 amide bonds. The Bertz CT molecular complexity index is 1040. The molecule has 2 aromatic carbocycles. The number of alkyl halides is 3. The summed E-state index contributed by atoms with van der Waals surface area (Å²) in [5, 5.41) is 2.50. The van der Waals surface area contributed by atoms with E-state index in [1.54, 1.807) is 37.4 Å². The molecular weight excluding hydrogens is 363 g/mol. The van der Waals surface area contributed by atoms with E-state index >= 15 is 0 Å². The molecule has 0 bridgehead atoms. The Kier molecular flexibility index (Phi) is 4.93. The maximum atomic E-state index is 12.4. The first-order valence-corrected chi connectivity index (χ1v) is 7.99. The number of halogens is 3. The summed E-state index contributed by atoms with van der Waals surface area (Å²) in [6.45, 7) is -1.75. The predicted octanol–water partition coefficient (Wildman–Crippen LogP) is 2.92. The number of ether oxygens (including phenoxy) is 1. The van der Waals surface area contributed by atoms with Crippen LogP contribution in [0, 0.1) is 0 Å². The number of anilines is 1. The molecule has 6 nitrogen and oxygen atoms in total. The molecule has 0 aliphatic carbocycles. The number of aryl methyl sites for hydroxylation is 1. The van der Waals surface area contributed by atoms with E-state index in [0.29, 0.717) is 11.0 Å². The number of nitrogens with zero attached hydrogens (tertiary/aromatic N) is 2. The zero-order valence-corrected chi connectivity index (χ0v) is 14.3. The second-order valence-corrected chi connectivity index (χ2v) is 5.86. The minimum Gasteiger partial charge on any atom is -0.482 e. The smallest absolute Gasteiger partial charge is 0.422 e. The van der Waals surface area contributed by atoms with Gasteiger partial charge in [-0.1, -0.05) is 24.3 Å². The van der Waals surface area contributed by atoms with Crippen LogP contribution in [0.1, 0.15) is 0 Å². The Morgan fingerprint density at radius 2 is 1.70 bits per heavy atom. The monoisotopic (exact) mass is 379 g/mol. The summed E-state index contributed by atoms with van der Waals surface area (Å²) in [5.74, 6) is -0.662. The van der Waals surface area contributed by atoms with E-state index in [2.05, 4.69) is 5.32 Å². The standard InChI is InChI=1S/C18H16F3N3O3/c1-23-13-7-3-4-8-14(13)24(17(23)26)10-16(25)22-12-6-2-5-9-15(12)27-11-18(19,20)21/h2-9H,10-11H2,1H3,(H,22,25). The van der Waals surface area contributed by atoms with Crippen molar-refractivity contribution in [3.63, 3.8) is 0 Å². The third kappa shape index (κ3) is 4.13. The van der Waals surface area contributed by atoms with Crippen LogP contribution in [0.4, 0.5) is 18.9 Å². The van der Waals surface area contributed by atoms with Crippen molar-refractivity contribution >= 4 is 22.6 Å². The third-order valence-electron chi connectivity index (χ3n) is 3.91. The number of hydrogen-bond donors (Lipinski definition) is 1. The van der Waals surface area contributed by atoms with Crippen LogP contribution in [0.2, 0.25) is 0 Å². The molecular formula is C18H16F3N3O3. The number of rotatable bonds is 5. The van der Waals surface area contributed by atoms with E-state index in [0.717, 1.165) is 0 Å². The number of carbonyl (C=O) groups is 1. The quantitative estimate of drug-likeness (QED) is 0.741. The Hall–Kier alpha value is -3.23. The molecule has 0 atom stereocenters. The lowest BCUT2D eigenvalue weighted by Gasteiger charge is -2.14.